The van der Waals surface area contributed by atoms with Crippen molar-refractivity contribution in [1.82, 2.24) is 20.0 Å². The van der Waals surface area contributed by atoms with Crippen molar-refractivity contribution in [1.29, 1.82) is 0 Å². The second-order valence-electron chi connectivity index (χ2n) is 5.89. The van der Waals surface area contributed by atoms with Crippen LogP contribution in [-0.4, -0.2) is 39.9 Å². The molecule has 2 unspecified atom stereocenters. The Bertz CT molecular complexity index is 589. The third-order valence-electron chi connectivity index (χ3n) is 4.39. The first-order chi connectivity index (χ1) is 9.69. The van der Waals surface area contributed by atoms with Gasteiger partial charge in [0.15, 0.2) is 0 Å². The number of hydrogen-bond acceptors (Lipinski definition) is 3. The zero-order chi connectivity index (χ0) is 14.1. The predicted molar refractivity (Wildman–Crippen MR) is 82.7 cm³/mol. The summed E-state index contributed by atoms with van der Waals surface area (Å²) in [5.41, 5.74) is 2.43. The van der Waals surface area contributed by atoms with Gasteiger partial charge in [-0.3, -0.25) is 9.58 Å². The van der Waals surface area contributed by atoms with Gasteiger partial charge in [0, 0.05) is 44.2 Å². The number of rotatable bonds is 3. The Labute approximate surface area is 120 Å². The van der Waals surface area contributed by atoms with Crippen LogP contribution in [0.1, 0.15) is 26.0 Å². The number of piperazine rings is 1. The van der Waals surface area contributed by atoms with E-state index in [1.54, 1.807) is 0 Å². The standard InChI is InChI=1S/C16H24N4/c1-4-13-9-17-12(2)10-20(13)11-15-14-7-5-6-8-16(14)19(3)18-15/h5-8,12-13,17H,4,9-11H2,1-3H3. The van der Waals surface area contributed by atoms with E-state index in [1.807, 2.05) is 11.7 Å². The van der Waals surface area contributed by atoms with Crippen LogP contribution in [0.4, 0.5) is 0 Å². The fraction of sp³-hybridized carbons (Fsp3) is 0.562. The monoisotopic (exact) mass is 272 g/mol. The Balaban J connectivity index is 1.88. The molecule has 2 atom stereocenters. The smallest absolute Gasteiger partial charge is 0.0843 e. The van der Waals surface area contributed by atoms with Gasteiger partial charge < -0.3 is 5.32 Å². The number of aryl methyl sites for hydroxylation is 1. The van der Waals surface area contributed by atoms with Crippen LogP contribution >= 0.6 is 0 Å². The van der Waals surface area contributed by atoms with E-state index in [4.69, 9.17) is 5.10 Å². The lowest BCUT2D eigenvalue weighted by atomic mass is 10.1. The molecule has 2 heterocycles. The van der Waals surface area contributed by atoms with Gasteiger partial charge >= 0.3 is 0 Å². The molecule has 0 saturated carbocycles. The van der Waals surface area contributed by atoms with Crippen LogP contribution in [0.15, 0.2) is 24.3 Å². The van der Waals surface area contributed by atoms with Crippen molar-refractivity contribution in [3.05, 3.63) is 30.0 Å². The third-order valence-corrected chi connectivity index (χ3v) is 4.39. The number of nitrogens with zero attached hydrogens (tertiary/aromatic N) is 3. The zero-order valence-electron chi connectivity index (χ0n) is 12.6. The van der Waals surface area contributed by atoms with Crippen molar-refractivity contribution in [3.8, 4) is 0 Å². The van der Waals surface area contributed by atoms with Crippen molar-refractivity contribution in [2.75, 3.05) is 13.1 Å². The Kier molecular flexibility index (Phi) is 3.76. The molecule has 1 aromatic carbocycles. The van der Waals surface area contributed by atoms with Crippen LogP contribution in [0.3, 0.4) is 0 Å². The van der Waals surface area contributed by atoms with E-state index in [0.29, 0.717) is 12.1 Å². The average molecular weight is 272 g/mol. The molecule has 1 aliphatic heterocycles. The number of benzene rings is 1. The summed E-state index contributed by atoms with van der Waals surface area (Å²) in [5.74, 6) is 0. The first-order valence-corrected chi connectivity index (χ1v) is 7.57. The van der Waals surface area contributed by atoms with E-state index in [0.717, 1.165) is 19.6 Å². The fourth-order valence-corrected chi connectivity index (χ4v) is 3.23. The van der Waals surface area contributed by atoms with Crippen LogP contribution in [0, 0.1) is 0 Å². The minimum absolute atomic E-state index is 0.563. The number of aromatic nitrogens is 2. The molecule has 0 spiro atoms. The molecule has 108 valence electrons. The van der Waals surface area contributed by atoms with Crippen molar-refractivity contribution >= 4 is 10.9 Å². The van der Waals surface area contributed by atoms with E-state index in [9.17, 15) is 0 Å². The van der Waals surface area contributed by atoms with Crippen molar-refractivity contribution < 1.29 is 0 Å². The molecule has 0 aliphatic carbocycles. The van der Waals surface area contributed by atoms with Gasteiger partial charge in [0.1, 0.15) is 0 Å². The summed E-state index contributed by atoms with van der Waals surface area (Å²) in [6.45, 7) is 7.67. The summed E-state index contributed by atoms with van der Waals surface area (Å²) >= 11 is 0. The highest BCUT2D eigenvalue weighted by atomic mass is 15.3. The molecule has 0 amide bonds. The molecule has 4 nitrogen and oxygen atoms in total. The number of hydrogen-bond donors (Lipinski definition) is 1. The van der Waals surface area contributed by atoms with Crippen molar-refractivity contribution in [2.45, 2.75) is 38.9 Å². The molecule has 1 saturated heterocycles. The second kappa shape index (κ2) is 5.54. The minimum Gasteiger partial charge on any atom is -0.311 e. The predicted octanol–water partition coefficient (Wildman–Crippen LogP) is 2.15. The Morgan fingerprint density at radius 1 is 1.35 bits per heavy atom. The van der Waals surface area contributed by atoms with Gasteiger partial charge in [0.2, 0.25) is 0 Å². The van der Waals surface area contributed by atoms with E-state index < -0.39 is 0 Å². The summed E-state index contributed by atoms with van der Waals surface area (Å²) in [7, 11) is 2.03. The quantitative estimate of drug-likeness (QED) is 0.929. The number of nitrogens with one attached hydrogen (secondary N) is 1. The fourth-order valence-electron chi connectivity index (χ4n) is 3.23. The number of fused-ring (bicyclic) bond motifs is 1. The summed E-state index contributed by atoms with van der Waals surface area (Å²) in [4.78, 5) is 2.58. The average Bonchev–Trinajstić information content (AvgIpc) is 2.76. The summed E-state index contributed by atoms with van der Waals surface area (Å²) < 4.78 is 2.00. The molecule has 0 radical (unpaired) electrons. The highest BCUT2D eigenvalue weighted by molar-refractivity contribution is 5.81. The normalized spacial score (nSPS) is 24.4. The maximum absolute atomic E-state index is 4.73. The molecule has 4 heteroatoms. The van der Waals surface area contributed by atoms with Crippen LogP contribution in [0.25, 0.3) is 10.9 Å². The van der Waals surface area contributed by atoms with E-state index >= 15 is 0 Å². The Morgan fingerprint density at radius 2 is 2.15 bits per heavy atom. The maximum Gasteiger partial charge on any atom is 0.0843 e. The SMILES string of the molecule is CCC1CNC(C)CN1Cc1nn(C)c2ccccc12. The van der Waals surface area contributed by atoms with Gasteiger partial charge in [-0.15, -0.1) is 0 Å². The minimum atomic E-state index is 0.563. The molecule has 2 aromatic rings. The van der Waals surface area contributed by atoms with Gasteiger partial charge in [0.05, 0.1) is 11.2 Å². The zero-order valence-corrected chi connectivity index (χ0v) is 12.6. The third kappa shape index (κ3) is 2.45. The first kappa shape index (κ1) is 13.6. The van der Waals surface area contributed by atoms with Gasteiger partial charge in [-0.25, -0.2) is 0 Å². The summed E-state index contributed by atoms with van der Waals surface area (Å²) in [6, 6.07) is 9.69. The summed E-state index contributed by atoms with van der Waals surface area (Å²) in [6.07, 6.45) is 1.19. The van der Waals surface area contributed by atoms with Crippen LogP contribution in [-0.2, 0) is 13.6 Å². The lowest BCUT2D eigenvalue weighted by Crippen LogP contribution is -2.54. The Morgan fingerprint density at radius 3 is 2.95 bits per heavy atom. The highest BCUT2D eigenvalue weighted by Crippen LogP contribution is 2.21. The first-order valence-electron chi connectivity index (χ1n) is 7.57. The lowest BCUT2D eigenvalue weighted by Gasteiger charge is -2.38. The van der Waals surface area contributed by atoms with Crippen molar-refractivity contribution in [3.63, 3.8) is 0 Å². The summed E-state index contributed by atoms with van der Waals surface area (Å²) in [5, 5.41) is 9.59. The largest absolute Gasteiger partial charge is 0.311 e. The highest BCUT2D eigenvalue weighted by Gasteiger charge is 2.25. The topological polar surface area (TPSA) is 33.1 Å². The van der Waals surface area contributed by atoms with Crippen molar-refractivity contribution in [2.24, 2.45) is 7.05 Å². The number of para-hydroxylation sites is 1. The maximum atomic E-state index is 4.73. The van der Waals surface area contributed by atoms with Gasteiger partial charge in [-0.05, 0) is 19.4 Å². The van der Waals surface area contributed by atoms with E-state index in [-0.39, 0.29) is 0 Å². The van der Waals surface area contributed by atoms with Gasteiger partial charge in [-0.2, -0.15) is 5.10 Å². The molecule has 20 heavy (non-hydrogen) atoms. The van der Waals surface area contributed by atoms with E-state index in [2.05, 4.69) is 48.3 Å². The molecular weight excluding hydrogens is 248 g/mol. The molecule has 1 aromatic heterocycles. The molecule has 1 fully saturated rings. The Hall–Kier alpha value is -1.39. The van der Waals surface area contributed by atoms with Gasteiger partial charge in [-0.1, -0.05) is 25.1 Å². The molecular formula is C16H24N4. The molecule has 1 N–H and O–H groups in total. The van der Waals surface area contributed by atoms with E-state index in [1.165, 1.54) is 23.0 Å². The van der Waals surface area contributed by atoms with Crippen LogP contribution in [0.5, 0.6) is 0 Å². The lowest BCUT2D eigenvalue weighted by molar-refractivity contribution is 0.123. The second-order valence-corrected chi connectivity index (χ2v) is 5.89. The van der Waals surface area contributed by atoms with Crippen LogP contribution < -0.4 is 5.32 Å². The van der Waals surface area contributed by atoms with Crippen LogP contribution in [0.2, 0.25) is 0 Å². The molecule has 0 bridgehead atoms. The molecule has 1 aliphatic rings. The van der Waals surface area contributed by atoms with Gasteiger partial charge in [0.25, 0.3) is 0 Å². The molecule has 3 rings (SSSR count).